The minimum absolute atomic E-state index is 0.0402. The second kappa shape index (κ2) is 8.96. The van der Waals surface area contributed by atoms with Gasteiger partial charge < -0.3 is 20.1 Å². The van der Waals surface area contributed by atoms with E-state index in [1.165, 1.54) is 0 Å². The number of pyridine rings is 1. The number of urea groups is 1. The normalized spacial score (nSPS) is 19.6. The topological polar surface area (TPSA) is 83.4 Å². The molecule has 7 heteroatoms. The number of nitrogens with one attached hydrogen (secondary N) is 2. The molecule has 2 aliphatic rings. The van der Waals surface area contributed by atoms with Crippen molar-refractivity contribution in [2.24, 2.45) is 11.8 Å². The van der Waals surface area contributed by atoms with E-state index in [1.807, 2.05) is 15.5 Å². The molecule has 2 N–H and O–H groups in total. The molecule has 0 radical (unpaired) electrons. The van der Waals surface area contributed by atoms with E-state index in [1.54, 1.807) is 36.4 Å². The smallest absolute Gasteiger partial charge is 0.321 e. The standard InChI is InChI=1S/C24H30N4O3/c1-16(2)10-11-25-23(30)18-6-8-20(9-7-18)26-24(31)27-13-17-12-19(15-27)21-4-3-5-22(29)28(21)14-17/h3-9,16-17,19H,10-15H2,1-2H3,(H,25,30)(H,26,31). The SMILES string of the molecule is CC(C)CCNC(=O)c1ccc(NC(=O)N2CC3CC(C2)c2cccc(=O)n2C3)cc1. The molecule has 1 aromatic carbocycles. The third kappa shape index (κ3) is 4.81. The van der Waals surface area contributed by atoms with Crippen molar-refractivity contribution < 1.29 is 9.59 Å². The van der Waals surface area contributed by atoms with Crippen molar-refractivity contribution in [1.29, 1.82) is 0 Å². The molecule has 3 heterocycles. The van der Waals surface area contributed by atoms with Gasteiger partial charge in [0, 0.05) is 55.1 Å². The van der Waals surface area contributed by atoms with Crippen molar-refractivity contribution in [2.75, 3.05) is 25.0 Å². The highest BCUT2D eigenvalue weighted by Crippen LogP contribution is 2.35. The maximum Gasteiger partial charge on any atom is 0.321 e. The maximum absolute atomic E-state index is 12.9. The number of carbonyl (C=O) groups is 2. The van der Waals surface area contributed by atoms with Gasteiger partial charge in [0.2, 0.25) is 0 Å². The zero-order chi connectivity index (χ0) is 22.0. The molecule has 0 spiro atoms. The Labute approximate surface area is 182 Å². The molecule has 7 nitrogen and oxygen atoms in total. The van der Waals surface area contributed by atoms with Crippen LogP contribution in [0.4, 0.5) is 10.5 Å². The van der Waals surface area contributed by atoms with Gasteiger partial charge in [0.25, 0.3) is 11.5 Å². The molecule has 2 bridgehead atoms. The van der Waals surface area contributed by atoms with Crippen LogP contribution in [0, 0.1) is 11.8 Å². The van der Waals surface area contributed by atoms with Crippen LogP contribution in [0.2, 0.25) is 0 Å². The van der Waals surface area contributed by atoms with Gasteiger partial charge in [-0.2, -0.15) is 0 Å². The molecule has 31 heavy (non-hydrogen) atoms. The van der Waals surface area contributed by atoms with E-state index in [-0.39, 0.29) is 29.3 Å². The first-order valence-corrected chi connectivity index (χ1v) is 11.0. The minimum Gasteiger partial charge on any atom is -0.352 e. The van der Waals surface area contributed by atoms with Gasteiger partial charge in [-0.05, 0) is 55.0 Å². The lowest BCUT2D eigenvalue weighted by molar-refractivity contribution is 0.0952. The fourth-order valence-corrected chi connectivity index (χ4v) is 4.55. The molecule has 0 saturated carbocycles. The first kappa shape index (κ1) is 21.2. The molecule has 2 aliphatic heterocycles. The molecule has 4 rings (SSSR count). The van der Waals surface area contributed by atoms with Crippen LogP contribution in [-0.2, 0) is 6.54 Å². The van der Waals surface area contributed by atoms with E-state index >= 15 is 0 Å². The summed E-state index contributed by atoms with van der Waals surface area (Å²) in [6.45, 7) is 6.80. The van der Waals surface area contributed by atoms with Crippen molar-refractivity contribution in [1.82, 2.24) is 14.8 Å². The number of carbonyl (C=O) groups excluding carboxylic acids is 2. The van der Waals surface area contributed by atoms with Crippen LogP contribution in [0.25, 0.3) is 0 Å². The van der Waals surface area contributed by atoms with Gasteiger partial charge in [0.05, 0.1) is 0 Å². The fraction of sp³-hybridized carbons (Fsp3) is 0.458. The number of piperidine rings is 1. The lowest BCUT2D eigenvalue weighted by Crippen LogP contribution is -2.50. The molecule has 1 aromatic heterocycles. The van der Waals surface area contributed by atoms with Gasteiger partial charge >= 0.3 is 6.03 Å². The summed E-state index contributed by atoms with van der Waals surface area (Å²) < 4.78 is 1.86. The van der Waals surface area contributed by atoms with Crippen LogP contribution in [0.3, 0.4) is 0 Å². The number of fused-ring (bicyclic) bond motifs is 4. The van der Waals surface area contributed by atoms with E-state index < -0.39 is 0 Å². The minimum atomic E-state index is -0.143. The second-order valence-corrected chi connectivity index (χ2v) is 9.05. The van der Waals surface area contributed by atoms with Crippen molar-refractivity contribution >= 4 is 17.6 Å². The van der Waals surface area contributed by atoms with Crippen LogP contribution in [-0.4, -0.2) is 41.0 Å². The Balaban J connectivity index is 1.36. The molecule has 2 atom stereocenters. The molecular formula is C24H30N4O3. The number of nitrogens with zero attached hydrogens (tertiary/aromatic N) is 2. The largest absolute Gasteiger partial charge is 0.352 e. The Bertz CT molecular complexity index is 1010. The first-order valence-electron chi connectivity index (χ1n) is 11.0. The molecule has 2 unspecified atom stereocenters. The predicted octanol–water partition coefficient (Wildman–Crippen LogP) is 3.28. The number of hydrogen-bond acceptors (Lipinski definition) is 3. The average Bonchev–Trinajstić information content (AvgIpc) is 2.74. The number of likely N-dealkylation sites (tertiary alicyclic amines) is 1. The highest BCUT2D eigenvalue weighted by atomic mass is 16.2. The maximum atomic E-state index is 12.9. The summed E-state index contributed by atoms with van der Waals surface area (Å²) in [5, 5.41) is 5.87. The molecule has 1 fully saturated rings. The first-order chi connectivity index (χ1) is 14.9. The fourth-order valence-electron chi connectivity index (χ4n) is 4.55. The Morgan fingerprint density at radius 2 is 1.84 bits per heavy atom. The van der Waals surface area contributed by atoms with Gasteiger partial charge in [0.15, 0.2) is 0 Å². The highest BCUT2D eigenvalue weighted by molar-refractivity contribution is 5.95. The number of amides is 3. The number of aromatic nitrogens is 1. The van der Waals surface area contributed by atoms with Crippen molar-refractivity contribution in [3.05, 3.63) is 64.1 Å². The quantitative estimate of drug-likeness (QED) is 0.776. The summed E-state index contributed by atoms with van der Waals surface area (Å²) in [5.74, 6) is 0.913. The Kier molecular flexibility index (Phi) is 6.11. The zero-order valence-electron chi connectivity index (χ0n) is 18.1. The van der Waals surface area contributed by atoms with E-state index in [0.29, 0.717) is 43.3 Å². The predicted molar refractivity (Wildman–Crippen MR) is 120 cm³/mol. The number of benzene rings is 1. The molecule has 3 amide bonds. The second-order valence-electron chi connectivity index (χ2n) is 9.05. The summed E-state index contributed by atoms with van der Waals surface area (Å²) in [6, 6.07) is 12.2. The summed E-state index contributed by atoms with van der Waals surface area (Å²) >= 11 is 0. The molecule has 0 aliphatic carbocycles. The summed E-state index contributed by atoms with van der Waals surface area (Å²) in [4.78, 5) is 39.1. The molecule has 164 valence electrons. The molecule has 2 aromatic rings. The van der Waals surface area contributed by atoms with Crippen LogP contribution >= 0.6 is 0 Å². The monoisotopic (exact) mass is 422 g/mol. The third-order valence-electron chi connectivity index (χ3n) is 6.17. The number of hydrogen-bond donors (Lipinski definition) is 2. The van der Waals surface area contributed by atoms with Crippen LogP contribution < -0.4 is 16.2 Å². The third-order valence-corrected chi connectivity index (χ3v) is 6.17. The van der Waals surface area contributed by atoms with Crippen LogP contribution in [0.5, 0.6) is 0 Å². The van der Waals surface area contributed by atoms with Gasteiger partial charge in [-0.3, -0.25) is 9.59 Å². The average molecular weight is 423 g/mol. The van der Waals surface area contributed by atoms with Gasteiger partial charge in [-0.25, -0.2) is 4.79 Å². The Morgan fingerprint density at radius 3 is 2.58 bits per heavy atom. The Hall–Kier alpha value is -3.09. The van der Waals surface area contributed by atoms with Gasteiger partial charge in [0.1, 0.15) is 0 Å². The van der Waals surface area contributed by atoms with E-state index in [4.69, 9.17) is 0 Å². The zero-order valence-corrected chi connectivity index (χ0v) is 18.1. The van der Waals surface area contributed by atoms with Crippen molar-refractivity contribution in [3.63, 3.8) is 0 Å². The summed E-state index contributed by atoms with van der Waals surface area (Å²) in [5.41, 5.74) is 2.31. The highest BCUT2D eigenvalue weighted by Gasteiger charge is 2.36. The van der Waals surface area contributed by atoms with E-state index in [9.17, 15) is 14.4 Å². The summed E-state index contributed by atoms with van der Waals surface area (Å²) in [7, 11) is 0. The van der Waals surface area contributed by atoms with Gasteiger partial charge in [-0.1, -0.05) is 19.9 Å². The lowest BCUT2D eigenvalue weighted by Gasteiger charge is -2.42. The Morgan fingerprint density at radius 1 is 1.06 bits per heavy atom. The summed E-state index contributed by atoms with van der Waals surface area (Å²) in [6.07, 6.45) is 1.95. The molecule has 1 saturated heterocycles. The van der Waals surface area contributed by atoms with Gasteiger partial charge in [-0.15, -0.1) is 0 Å². The van der Waals surface area contributed by atoms with Crippen molar-refractivity contribution in [2.45, 2.75) is 39.2 Å². The van der Waals surface area contributed by atoms with Crippen LogP contribution in [0.15, 0.2) is 47.3 Å². The molecular weight excluding hydrogens is 392 g/mol. The number of rotatable bonds is 5. The van der Waals surface area contributed by atoms with Crippen LogP contribution in [0.1, 0.15) is 48.7 Å². The number of anilines is 1. The van der Waals surface area contributed by atoms with E-state index in [0.717, 1.165) is 18.5 Å². The van der Waals surface area contributed by atoms with E-state index in [2.05, 4.69) is 24.5 Å². The van der Waals surface area contributed by atoms with Crippen molar-refractivity contribution in [3.8, 4) is 0 Å². The lowest BCUT2D eigenvalue weighted by atomic mass is 9.83.